The molecule has 1 aromatic heterocycles. The Hall–Kier alpha value is -3.47. The molecule has 0 saturated heterocycles. The van der Waals surface area contributed by atoms with Crippen LogP contribution in [0.15, 0.2) is 48.7 Å². The summed E-state index contributed by atoms with van der Waals surface area (Å²) >= 11 is 0. The Morgan fingerprint density at radius 3 is 2.64 bits per heavy atom. The molecule has 0 aliphatic carbocycles. The lowest BCUT2D eigenvalue weighted by Crippen LogP contribution is -2.19. The van der Waals surface area contributed by atoms with Crippen LogP contribution in [0.3, 0.4) is 0 Å². The van der Waals surface area contributed by atoms with E-state index in [9.17, 15) is 18.4 Å². The van der Waals surface area contributed by atoms with Crippen molar-refractivity contribution < 1.29 is 22.6 Å². The highest BCUT2D eigenvalue weighted by molar-refractivity contribution is 5.93. The van der Waals surface area contributed by atoms with Crippen molar-refractivity contribution in [2.45, 2.75) is 12.7 Å². The molecule has 28 heavy (non-hydrogen) atoms. The van der Waals surface area contributed by atoms with E-state index in [1.807, 2.05) is 24.3 Å². The maximum absolute atomic E-state index is 12.4. The van der Waals surface area contributed by atoms with Crippen molar-refractivity contribution in [2.75, 3.05) is 19.0 Å². The lowest BCUT2D eigenvalue weighted by atomic mass is 10.1. The van der Waals surface area contributed by atoms with Gasteiger partial charge in [0.05, 0.1) is 23.9 Å². The number of para-hydroxylation sites is 1. The van der Waals surface area contributed by atoms with Crippen LogP contribution in [0.1, 0.15) is 11.1 Å². The van der Waals surface area contributed by atoms with E-state index in [2.05, 4.69) is 16.4 Å². The highest BCUT2D eigenvalue weighted by Gasteiger charge is 2.29. The predicted octanol–water partition coefficient (Wildman–Crippen LogP) is 4.67. The molecule has 0 aliphatic heterocycles. The van der Waals surface area contributed by atoms with Gasteiger partial charge in [0.2, 0.25) is 0 Å². The average Bonchev–Trinajstić information content (AvgIpc) is 2.69. The minimum Gasteiger partial charge on any atom is -0.493 e. The molecule has 8 heteroatoms. The lowest BCUT2D eigenvalue weighted by molar-refractivity contribution is -0.153. The number of alkyl halides is 3. The van der Waals surface area contributed by atoms with Crippen LogP contribution in [0.4, 0.5) is 18.9 Å². The Labute approximate surface area is 159 Å². The number of fused-ring (bicyclic) bond motifs is 1. The number of aromatic nitrogens is 1. The van der Waals surface area contributed by atoms with Crippen LogP contribution in [0.2, 0.25) is 0 Å². The molecule has 0 spiro atoms. The van der Waals surface area contributed by atoms with Gasteiger partial charge in [-0.1, -0.05) is 24.3 Å². The SMILES string of the molecule is COc1cc(CNc2c(C#N)cnc3ccccc23)ccc1OCC(F)(F)F. The maximum Gasteiger partial charge on any atom is 0.422 e. The van der Waals surface area contributed by atoms with Gasteiger partial charge in [0.1, 0.15) is 6.07 Å². The zero-order valence-electron chi connectivity index (χ0n) is 14.9. The molecule has 144 valence electrons. The number of hydrogen-bond donors (Lipinski definition) is 1. The first-order valence-corrected chi connectivity index (χ1v) is 8.29. The quantitative estimate of drug-likeness (QED) is 0.666. The van der Waals surface area contributed by atoms with Crippen LogP contribution in [-0.2, 0) is 6.54 Å². The van der Waals surface area contributed by atoms with Crippen LogP contribution < -0.4 is 14.8 Å². The van der Waals surface area contributed by atoms with Gasteiger partial charge in [-0.15, -0.1) is 0 Å². The summed E-state index contributed by atoms with van der Waals surface area (Å²) in [5.74, 6) is 0.208. The maximum atomic E-state index is 12.4. The molecule has 0 bridgehead atoms. The van der Waals surface area contributed by atoms with Crippen molar-refractivity contribution in [2.24, 2.45) is 0 Å². The standard InChI is InChI=1S/C20H16F3N3O2/c1-27-18-8-13(6-7-17(18)28-12-20(21,22)23)10-26-19-14(9-24)11-25-16-5-3-2-4-15(16)19/h2-8,11H,10,12H2,1H3,(H,25,26). The first kappa shape index (κ1) is 19.3. The number of rotatable bonds is 6. The zero-order valence-corrected chi connectivity index (χ0v) is 14.9. The highest BCUT2D eigenvalue weighted by Crippen LogP contribution is 2.31. The summed E-state index contributed by atoms with van der Waals surface area (Å²) < 4.78 is 47.0. The highest BCUT2D eigenvalue weighted by atomic mass is 19.4. The van der Waals surface area contributed by atoms with Crippen molar-refractivity contribution in [3.8, 4) is 17.6 Å². The van der Waals surface area contributed by atoms with Gasteiger partial charge in [-0.05, 0) is 23.8 Å². The second kappa shape index (κ2) is 8.05. The van der Waals surface area contributed by atoms with Crippen LogP contribution in [-0.4, -0.2) is 24.9 Å². The molecule has 3 rings (SSSR count). The topological polar surface area (TPSA) is 67.2 Å². The van der Waals surface area contributed by atoms with Crippen LogP contribution in [0.25, 0.3) is 10.9 Å². The van der Waals surface area contributed by atoms with Crippen molar-refractivity contribution in [1.82, 2.24) is 4.98 Å². The summed E-state index contributed by atoms with van der Waals surface area (Å²) in [5.41, 5.74) is 2.54. The van der Waals surface area contributed by atoms with Crippen molar-refractivity contribution in [3.05, 3.63) is 59.8 Å². The average molecular weight is 387 g/mol. The van der Waals surface area contributed by atoms with E-state index in [0.29, 0.717) is 17.8 Å². The second-order valence-electron chi connectivity index (χ2n) is 5.92. The second-order valence-corrected chi connectivity index (χ2v) is 5.92. The Bertz CT molecular complexity index is 1030. The van der Waals surface area contributed by atoms with Crippen molar-refractivity contribution in [3.63, 3.8) is 0 Å². The smallest absolute Gasteiger partial charge is 0.422 e. The first-order valence-electron chi connectivity index (χ1n) is 8.29. The molecule has 0 unspecified atom stereocenters. The van der Waals surface area contributed by atoms with E-state index in [1.54, 1.807) is 12.1 Å². The van der Waals surface area contributed by atoms with E-state index in [0.717, 1.165) is 16.5 Å². The molecule has 0 radical (unpaired) electrons. The summed E-state index contributed by atoms with van der Waals surface area (Å²) in [6, 6.07) is 14.2. The number of halogens is 3. The molecule has 0 saturated carbocycles. The Kier molecular flexibility index (Phi) is 5.54. The fraction of sp³-hybridized carbons (Fsp3) is 0.200. The third-order valence-corrected chi connectivity index (χ3v) is 3.98. The minimum atomic E-state index is -4.43. The molecular weight excluding hydrogens is 371 g/mol. The minimum absolute atomic E-state index is 0.00986. The lowest BCUT2D eigenvalue weighted by Gasteiger charge is -2.15. The predicted molar refractivity (Wildman–Crippen MR) is 98.3 cm³/mol. The Balaban J connectivity index is 1.82. The molecule has 5 nitrogen and oxygen atoms in total. The number of methoxy groups -OCH3 is 1. The summed E-state index contributed by atoms with van der Waals surface area (Å²) in [7, 11) is 1.36. The number of hydrogen-bond acceptors (Lipinski definition) is 5. The Morgan fingerprint density at radius 1 is 1.14 bits per heavy atom. The van der Waals surface area contributed by atoms with E-state index < -0.39 is 12.8 Å². The molecule has 0 amide bonds. The molecule has 2 aromatic carbocycles. The van der Waals surface area contributed by atoms with E-state index in [-0.39, 0.29) is 11.5 Å². The van der Waals surface area contributed by atoms with Gasteiger partial charge in [-0.3, -0.25) is 4.98 Å². The Morgan fingerprint density at radius 2 is 1.93 bits per heavy atom. The molecule has 0 fully saturated rings. The number of nitrogens with zero attached hydrogens (tertiary/aromatic N) is 2. The molecule has 3 aromatic rings. The summed E-state index contributed by atoms with van der Waals surface area (Å²) in [4.78, 5) is 4.26. The molecule has 1 N–H and O–H groups in total. The number of benzene rings is 2. The molecule has 1 heterocycles. The number of nitriles is 1. The molecule has 0 atom stereocenters. The van der Waals surface area contributed by atoms with Gasteiger partial charge in [0, 0.05) is 18.1 Å². The van der Waals surface area contributed by atoms with E-state index in [4.69, 9.17) is 9.47 Å². The monoisotopic (exact) mass is 387 g/mol. The van der Waals surface area contributed by atoms with Crippen LogP contribution in [0.5, 0.6) is 11.5 Å². The zero-order chi connectivity index (χ0) is 20.1. The van der Waals surface area contributed by atoms with Gasteiger partial charge in [0.15, 0.2) is 18.1 Å². The van der Waals surface area contributed by atoms with Gasteiger partial charge in [-0.2, -0.15) is 18.4 Å². The number of pyridine rings is 1. The molecule has 0 aliphatic rings. The number of ether oxygens (including phenoxy) is 2. The largest absolute Gasteiger partial charge is 0.493 e. The third kappa shape index (κ3) is 4.43. The number of anilines is 1. The van der Waals surface area contributed by atoms with Gasteiger partial charge >= 0.3 is 6.18 Å². The van der Waals surface area contributed by atoms with E-state index in [1.165, 1.54) is 19.4 Å². The summed E-state index contributed by atoms with van der Waals surface area (Å²) in [6.45, 7) is -1.06. The van der Waals surface area contributed by atoms with Crippen molar-refractivity contribution >= 4 is 16.6 Å². The molecular formula is C20H16F3N3O2. The van der Waals surface area contributed by atoms with Crippen LogP contribution in [0, 0.1) is 11.3 Å². The van der Waals surface area contributed by atoms with Gasteiger partial charge < -0.3 is 14.8 Å². The normalized spacial score (nSPS) is 11.1. The first-order chi connectivity index (χ1) is 13.4. The fourth-order valence-corrected chi connectivity index (χ4v) is 2.71. The number of nitrogens with one attached hydrogen (secondary N) is 1. The van der Waals surface area contributed by atoms with Gasteiger partial charge in [0.25, 0.3) is 0 Å². The third-order valence-electron chi connectivity index (χ3n) is 3.98. The van der Waals surface area contributed by atoms with Crippen LogP contribution >= 0.6 is 0 Å². The van der Waals surface area contributed by atoms with Crippen molar-refractivity contribution in [1.29, 1.82) is 5.26 Å². The fourth-order valence-electron chi connectivity index (χ4n) is 2.71. The van der Waals surface area contributed by atoms with Gasteiger partial charge in [-0.25, -0.2) is 0 Å². The summed E-state index contributed by atoms with van der Waals surface area (Å²) in [6.07, 6.45) is -2.93. The summed E-state index contributed by atoms with van der Waals surface area (Å²) in [5, 5.41) is 13.4. The van der Waals surface area contributed by atoms with E-state index >= 15 is 0 Å².